The number of amides is 2. The van der Waals surface area contributed by atoms with Crippen molar-refractivity contribution in [2.45, 2.75) is 31.2 Å². The second-order valence-electron chi connectivity index (χ2n) is 11.0. The minimum absolute atomic E-state index is 0.0299. The molecule has 5 rings (SSSR count). The number of hydrogen-bond acceptors (Lipinski definition) is 15. The van der Waals surface area contributed by atoms with Crippen molar-refractivity contribution >= 4 is 45.2 Å². The summed E-state index contributed by atoms with van der Waals surface area (Å²) in [5.41, 5.74) is -0.0333. The molecule has 0 saturated heterocycles. The maximum atomic E-state index is 12.8. The minimum atomic E-state index is -4.36. The highest BCUT2D eigenvalue weighted by Gasteiger charge is 2.29. The summed E-state index contributed by atoms with van der Waals surface area (Å²) in [4.78, 5) is 33.2. The molecule has 0 atom stereocenters. The van der Waals surface area contributed by atoms with E-state index in [-0.39, 0.29) is 50.8 Å². The van der Waals surface area contributed by atoms with Crippen LogP contribution in [0.25, 0.3) is 17.1 Å². The molecule has 23 heteroatoms. The zero-order valence-corrected chi connectivity index (χ0v) is 30.3. The highest BCUT2D eigenvalue weighted by molar-refractivity contribution is 7.90. The normalized spacial score (nSPS) is 11.2. The Labute approximate surface area is 300 Å². The molecule has 20 nitrogen and oxygen atoms in total. The number of hydrogen-bond donors (Lipinski definition) is 2. The van der Waals surface area contributed by atoms with Crippen LogP contribution < -0.4 is 30.0 Å². The van der Waals surface area contributed by atoms with Gasteiger partial charge in [-0.1, -0.05) is 49.9 Å². The third-order valence-electron chi connectivity index (χ3n) is 6.17. The molecule has 51 heavy (non-hydrogen) atoms. The van der Waals surface area contributed by atoms with Crippen LogP contribution in [-0.2, 0) is 29.5 Å². The monoisotopic (exact) mass is 764 g/mol. The van der Waals surface area contributed by atoms with Gasteiger partial charge in [-0.05, 0) is 11.3 Å². The van der Waals surface area contributed by atoms with E-state index in [1.54, 1.807) is 0 Å². The first-order valence-corrected chi connectivity index (χ1v) is 16.4. The summed E-state index contributed by atoms with van der Waals surface area (Å²) in [6.07, 6.45) is 6.40. The zero-order chi connectivity index (χ0) is 37.7. The number of tetrazole rings is 1. The van der Waals surface area contributed by atoms with Crippen LogP contribution in [0, 0.1) is 12.3 Å². The second kappa shape index (κ2) is 15.4. The molecule has 0 saturated carbocycles. The van der Waals surface area contributed by atoms with Crippen molar-refractivity contribution in [3.63, 3.8) is 0 Å². The van der Waals surface area contributed by atoms with Gasteiger partial charge in [0, 0.05) is 18.5 Å². The number of aromatic nitrogens is 10. The van der Waals surface area contributed by atoms with E-state index in [1.807, 2.05) is 25.5 Å². The van der Waals surface area contributed by atoms with E-state index in [0.717, 1.165) is 14.2 Å². The van der Waals surface area contributed by atoms with Gasteiger partial charge in [0.25, 0.3) is 10.0 Å². The number of ether oxygens (including phenoxy) is 3. The van der Waals surface area contributed by atoms with Gasteiger partial charge in [0.05, 0.1) is 54.8 Å². The Kier molecular flexibility index (Phi) is 11.5. The first kappa shape index (κ1) is 38.1. The third-order valence-corrected chi connectivity index (χ3v) is 8.21. The molecular formula is C28H30Cl2N12O8S. The fourth-order valence-corrected chi connectivity index (χ4v) is 5.64. The van der Waals surface area contributed by atoms with Gasteiger partial charge in [-0.25, -0.2) is 14.3 Å². The van der Waals surface area contributed by atoms with Crippen LogP contribution in [0.1, 0.15) is 26.7 Å². The summed E-state index contributed by atoms with van der Waals surface area (Å²) < 4.78 is 49.9. The number of methoxy groups -OCH3 is 2. The smallest absolute Gasteiger partial charge is 0.442 e. The van der Waals surface area contributed by atoms with E-state index >= 15 is 0 Å². The van der Waals surface area contributed by atoms with Crippen LogP contribution in [0.3, 0.4) is 0 Å². The average molecular weight is 766 g/mol. The van der Waals surface area contributed by atoms with Crippen LogP contribution in [0.2, 0.25) is 10.0 Å². The van der Waals surface area contributed by atoms with Gasteiger partial charge in [0.15, 0.2) is 5.03 Å². The number of nitrogens with zero attached hydrogens (tertiary/aromatic N) is 10. The van der Waals surface area contributed by atoms with Gasteiger partial charge < -0.3 is 18.6 Å². The lowest BCUT2D eigenvalue weighted by Gasteiger charge is -2.11. The van der Waals surface area contributed by atoms with Crippen molar-refractivity contribution in [2.75, 3.05) is 26.1 Å². The Hall–Kier alpha value is -5.72. The van der Waals surface area contributed by atoms with Crippen molar-refractivity contribution in [1.82, 2.24) is 54.5 Å². The molecule has 0 aliphatic heterocycles. The molecule has 270 valence electrons. The number of halogens is 2. The molecule has 0 radical (unpaired) electrons. The van der Waals surface area contributed by atoms with Crippen molar-refractivity contribution in [1.29, 1.82) is 0 Å². The number of benzene rings is 1. The first-order valence-electron chi connectivity index (χ1n) is 14.2. The number of nitrogens with one attached hydrogen (secondary N) is 2. The largest absolute Gasteiger partial charge is 0.481 e. The van der Waals surface area contributed by atoms with Gasteiger partial charge in [-0.2, -0.15) is 33.0 Å². The Balaban J connectivity index is 0.000000238. The molecule has 0 fully saturated rings. The second-order valence-corrected chi connectivity index (χ2v) is 13.4. The van der Waals surface area contributed by atoms with Gasteiger partial charge in [0.1, 0.15) is 12.4 Å². The summed E-state index contributed by atoms with van der Waals surface area (Å²) in [6, 6.07) is 3.23. The van der Waals surface area contributed by atoms with Crippen molar-refractivity contribution in [3.05, 3.63) is 50.9 Å². The van der Waals surface area contributed by atoms with E-state index in [9.17, 15) is 18.0 Å². The molecule has 0 aliphatic carbocycles. The lowest BCUT2D eigenvalue weighted by molar-refractivity contribution is 0.256. The zero-order valence-electron chi connectivity index (χ0n) is 28.0. The standard InChI is InChI=1S/C15H14Cl2N2O3.C13H16N10O5S/c1-5-6-21-12-8-11(9(16)7-10(12)17)19-14(20)22-13(18-19)15(2,3)4;1-22-11(7(6-14-22)10-18-21-23(2)19-10)29(25,26)20-13(24)17-12-15-8(27-3)5-9(16-12)28-4/h1,7-8H,6H2,2-4H3;5-6H,1-4H3,(H2,15,16,17,20,24). The Morgan fingerprint density at radius 3 is 2.27 bits per heavy atom. The summed E-state index contributed by atoms with van der Waals surface area (Å²) in [7, 11) is 1.27. The minimum Gasteiger partial charge on any atom is -0.481 e. The molecule has 2 amide bonds. The van der Waals surface area contributed by atoms with Crippen LogP contribution in [0.5, 0.6) is 17.5 Å². The first-order chi connectivity index (χ1) is 24.0. The van der Waals surface area contributed by atoms with Gasteiger partial charge in [-0.15, -0.1) is 21.7 Å². The number of urea groups is 1. The lowest BCUT2D eigenvalue weighted by Crippen LogP contribution is -2.36. The maximum Gasteiger partial charge on any atom is 0.442 e. The summed E-state index contributed by atoms with van der Waals surface area (Å²) >= 11 is 12.2. The number of rotatable bonds is 9. The van der Waals surface area contributed by atoms with Crippen molar-refractivity contribution in [3.8, 4) is 46.9 Å². The molecule has 1 aromatic carbocycles. The number of sulfonamides is 1. The van der Waals surface area contributed by atoms with Gasteiger partial charge in [0.2, 0.25) is 29.4 Å². The predicted octanol–water partition coefficient (Wildman–Crippen LogP) is 2.37. The van der Waals surface area contributed by atoms with E-state index in [1.165, 1.54) is 52.7 Å². The molecule has 4 heterocycles. The van der Waals surface area contributed by atoms with Gasteiger partial charge in [-0.3, -0.25) is 10.00 Å². The maximum absolute atomic E-state index is 12.8. The summed E-state index contributed by atoms with van der Waals surface area (Å²) in [5.74, 6) is 2.33. The Morgan fingerprint density at radius 1 is 1.06 bits per heavy atom. The molecule has 2 N–H and O–H groups in total. The fraction of sp³-hybridized carbons (Fsp3) is 0.321. The number of carbonyl (C=O) groups excluding carboxylic acids is 1. The van der Waals surface area contributed by atoms with E-state index in [4.69, 9.17) is 48.3 Å². The van der Waals surface area contributed by atoms with Crippen molar-refractivity contribution in [2.24, 2.45) is 14.1 Å². The van der Waals surface area contributed by atoms with E-state index in [2.05, 4.69) is 46.8 Å². The number of terminal acetylenes is 1. The van der Waals surface area contributed by atoms with E-state index in [0.29, 0.717) is 17.3 Å². The van der Waals surface area contributed by atoms with Crippen LogP contribution >= 0.6 is 23.2 Å². The van der Waals surface area contributed by atoms with Gasteiger partial charge >= 0.3 is 11.8 Å². The molecule has 4 aromatic heterocycles. The fourth-order valence-electron chi connectivity index (χ4n) is 3.90. The predicted molar refractivity (Wildman–Crippen MR) is 181 cm³/mol. The Bertz CT molecular complexity index is 2250. The summed E-state index contributed by atoms with van der Waals surface area (Å²) in [6.45, 7) is 5.69. The summed E-state index contributed by atoms with van der Waals surface area (Å²) in [5, 5.41) is 21.9. The van der Waals surface area contributed by atoms with Crippen LogP contribution in [0.4, 0.5) is 10.7 Å². The Morgan fingerprint density at radius 2 is 1.73 bits per heavy atom. The van der Waals surface area contributed by atoms with Crippen LogP contribution in [0.15, 0.2) is 38.6 Å². The number of aryl methyl sites for hydroxylation is 2. The van der Waals surface area contributed by atoms with Crippen molar-refractivity contribution < 1.29 is 31.8 Å². The molecule has 0 aliphatic rings. The molecule has 0 spiro atoms. The third kappa shape index (κ3) is 9.10. The molecule has 5 aromatic rings. The number of carbonyl (C=O) groups is 1. The van der Waals surface area contributed by atoms with E-state index < -0.39 is 27.2 Å². The highest BCUT2D eigenvalue weighted by atomic mass is 35.5. The average Bonchev–Trinajstić information content (AvgIpc) is 3.78. The topological polar surface area (TPSA) is 238 Å². The number of anilines is 1. The van der Waals surface area contributed by atoms with Crippen LogP contribution in [-0.4, -0.2) is 85.0 Å². The molecule has 0 bridgehead atoms. The highest BCUT2D eigenvalue weighted by Crippen LogP contribution is 2.33. The quantitative estimate of drug-likeness (QED) is 0.205. The molecule has 0 unspecified atom stereocenters. The SMILES string of the molecule is C#CCOc1cc(-n2nc(C(C)(C)C)oc2=O)c(Cl)cc1Cl.COc1cc(OC)nc(NC(=O)NS(=O)(=O)c2c(-c3nnn(C)n3)cnn2C)n1. The lowest BCUT2D eigenvalue weighted by atomic mass is 9.97. The molecular weight excluding hydrogens is 735 g/mol.